The van der Waals surface area contributed by atoms with E-state index in [9.17, 15) is 4.79 Å². The number of nitrogens with two attached hydrogens (primary N) is 1. The zero-order chi connectivity index (χ0) is 17.2. The lowest BCUT2D eigenvalue weighted by Crippen LogP contribution is -2.21. The second-order valence-electron chi connectivity index (χ2n) is 6.17. The van der Waals surface area contributed by atoms with E-state index < -0.39 is 0 Å². The summed E-state index contributed by atoms with van der Waals surface area (Å²) in [6.45, 7) is 2.20. The Bertz CT molecular complexity index is 1090. The van der Waals surface area contributed by atoms with Crippen LogP contribution in [0.25, 0.3) is 33.1 Å². The number of hydrogen-bond donors (Lipinski definition) is 4. The van der Waals surface area contributed by atoms with Crippen molar-refractivity contribution in [1.29, 1.82) is 0 Å². The summed E-state index contributed by atoms with van der Waals surface area (Å²) >= 11 is 0. The van der Waals surface area contributed by atoms with Gasteiger partial charge in [-0.3, -0.25) is 4.79 Å². The van der Waals surface area contributed by atoms with Crippen LogP contribution >= 0.6 is 0 Å². The van der Waals surface area contributed by atoms with Crippen LogP contribution in [0.1, 0.15) is 5.56 Å². The molecule has 0 fully saturated rings. The van der Waals surface area contributed by atoms with E-state index in [0.717, 1.165) is 40.6 Å². The van der Waals surface area contributed by atoms with Crippen LogP contribution in [0.5, 0.6) is 0 Å². The van der Waals surface area contributed by atoms with Gasteiger partial charge in [-0.15, -0.1) is 0 Å². The number of benzene rings is 2. The normalized spacial score (nSPS) is 11.4. The number of fused-ring (bicyclic) bond motifs is 2. The van der Waals surface area contributed by atoms with E-state index in [4.69, 9.17) is 5.73 Å². The first-order valence-electron chi connectivity index (χ1n) is 8.39. The molecule has 0 saturated heterocycles. The van der Waals surface area contributed by atoms with E-state index in [1.54, 1.807) is 0 Å². The van der Waals surface area contributed by atoms with Gasteiger partial charge in [0.25, 0.3) is 5.56 Å². The fraction of sp³-hybridized carbons (Fsp3) is 0.150. The van der Waals surface area contributed by atoms with E-state index >= 15 is 0 Å². The highest BCUT2D eigenvalue weighted by molar-refractivity contribution is 5.89. The molecule has 4 rings (SSSR count). The molecule has 0 spiro atoms. The molecule has 126 valence electrons. The molecule has 0 atom stereocenters. The first-order chi connectivity index (χ1) is 12.2. The van der Waals surface area contributed by atoms with Crippen molar-refractivity contribution in [1.82, 2.24) is 15.3 Å². The van der Waals surface area contributed by atoms with E-state index in [1.165, 1.54) is 5.56 Å². The molecule has 5 N–H and O–H groups in total. The molecule has 0 aliphatic carbocycles. The average molecular weight is 332 g/mol. The van der Waals surface area contributed by atoms with Crippen LogP contribution in [0.4, 0.5) is 0 Å². The Kier molecular flexibility index (Phi) is 4.09. The quantitative estimate of drug-likeness (QED) is 0.424. The van der Waals surface area contributed by atoms with Gasteiger partial charge in [-0.25, -0.2) is 0 Å². The highest BCUT2D eigenvalue weighted by atomic mass is 16.1. The molecule has 0 bridgehead atoms. The summed E-state index contributed by atoms with van der Waals surface area (Å²) < 4.78 is 0. The molecular formula is C20H20N4O. The molecule has 0 aliphatic rings. The Labute approximate surface area is 144 Å². The lowest BCUT2D eigenvalue weighted by Gasteiger charge is -2.02. The standard InChI is InChI=1S/C20H20N4O/c21-7-8-22-12-13-5-6-18-15(9-13)11-19(23-18)16-10-14-3-1-2-4-17(14)24-20(16)25/h1-6,9-11,22-23H,7-8,12,21H2,(H,24,25). The maximum absolute atomic E-state index is 12.5. The fourth-order valence-electron chi connectivity index (χ4n) is 3.12. The average Bonchev–Trinajstić information content (AvgIpc) is 3.04. The van der Waals surface area contributed by atoms with Crippen molar-refractivity contribution in [3.05, 3.63) is 70.5 Å². The molecule has 2 aromatic carbocycles. The van der Waals surface area contributed by atoms with Crippen LogP contribution in [0.3, 0.4) is 0 Å². The van der Waals surface area contributed by atoms with Gasteiger partial charge in [-0.1, -0.05) is 24.3 Å². The zero-order valence-corrected chi connectivity index (χ0v) is 13.8. The zero-order valence-electron chi connectivity index (χ0n) is 13.8. The Morgan fingerprint density at radius 2 is 1.76 bits per heavy atom. The van der Waals surface area contributed by atoms with E-state index in [0.29, 0.717) is 12.1 Å². The number of rotatable bonds is 5. The molecule has 0 saturated carbocycles. The van der Waals surface area contributed by atoms with Crippen LogP contribution < -0.4 is 16.6 Å². The molecule has 0 aliphatic heterocycles. The maximum atomic E-state index is 12.5. The minimum absolute atomic E-state index is 0.0879. The lowest BCUT2D eigenvalue weighted by molar-refractivity contribution is 0.695. The molecule has 0 amide bonds. The minimum atomic E-state index is -0.0879. The number of H-pyrrole nitrogens is 2. The monoisotopic (exact) mass is 332 g/mol. The minimum Gasteiger partial charge on any atom is -0.354 e. The van der Waals surface area contributed by atoms with E-state index in [-0.39, 0.29) is 5.56 Å². The predicted octanol–water partition coefficient (Wildman–Crippen LogP) is 2.72. The van der Waals surface area contributed by atoms with Crippen molar-refractivity contribution in [2.45, 2.75) is 6.54 Å². The molecular weight excluding hydrogens is 312 g/mol. The summed E-state index contributed by atoms with van der Waals surface area (Å²) in [6.07, 6.45) is 0. The molecule has 0 radical (unpaired) electrons. The van der Waals surface area contributed by atoms with E-state index in [2.05, 4.69) is 27.4 Å². The number of pyridine rings is 1. The maximum Gasteiger partial charge on any atom is 0.257 e. The van der Waals surface area contributed by atoms with Crippen molar-refractivity contribution >= 4 is 21.8 Å². The highest BCUT2D eigenvalue weighted by Crippen LogP contribution is 2.24. The number of hydrogen-bond acceptors (Lipinski definition) is 3. The number of aromatic nitrogens is 2. The van der Waals surface area contributed by atoms with Gasteiger partial charge in [0, 0.05) is 36.1 Å². The van der Waals surface area contributed by atoms with Gasteiger partial charge in [0.2, 0.25) is 0 Å². The second kappa shape index (κ2) is 6.55. The van der Waals surface area contributed by atoms with Crippen LogP contribution in [-0.2, 0) is 6.54 Å². The third-order valence-corrected chi connectivity index (χ3v) is 4.38. The van der Waals surface area contributed by atoms with Gasteiger partial charge in [-0.05, 0) is 41.3 Å². The summed E-state index contributed by atoms with van der Waals surface area (Å²) in [5, 5.41) is 5.40. The molecule has 2 aromatic heterocycles. The Balaban J connectivity index is 1.74. The van der Waals surface area contributed by atoms with E-state index in [1.807, 2.05) is 42.5 Å². The Morgan fingerprint density at radius 3 is 2.64 bits per heavy atom. The van der Waals surface area contributed by atoms with Crippen LogP contribution in [0.15, 0.2) is 59.4 Å². The van der Waals surface area contributed by atoms with Crippen molar-refractivity contribution in [3.8, 4) is 11.3 Å². The Hall–Kier alpha value is -2.89. The van der Waals surface area contributed by atoms with Crippen molar-refractivity contribution < 1.29 is 0 Å². The second-order valence-corrected chi connectivity index (χ2v) is 6.17. The summed E-state index contributed by atoms with van der Waals surface area (Å²) in [5.41, 5.74) is 9.96. The van der Waals surface area contributed by atoms with Gasteiger partial charge in [0.15, 0.2) is 0 Å². The first-order valence-corrected chi connectivity index (χ1v) is 8.39. The molecule has 25 heavy (non-hydrogen) atoms. The van der Waals surface area contributed by atoms with Crippen molar-refractivity contribution in [2.75, 3.05) is 13.1 Å². The smallest absolute Gasteiger partial charge is 0.257 e. The van der Waals surface area contributed by atoms with Gasteiger partial charge >= 0.3 is 0 Å². The molecule has 4 aromatic rings. The van der Waals surface area contributed by atoms with Crippen molar-refractivity contribution in [2.24, 2.45) is 5.73 Å². The van der Waals surface area contributed by atoms with Crippen molar-refractivity contribution in [3.63, 3.8) is 0 Å². The third kappa shape index (κ3) is 3.07. The SMILES string of the molecule is NCCNCc1ccc2[nH]c(-c3cc4ccccc4[nH]c3=O)cc2c1. The summed E-state index contributed by atoms with van der Waals surface area (Å²) in [4.78, 5) is 18.8. The highest BCUT2D eigenvalue weighted by Gasteiger charge is 2.09. The first kappa shape index (κ1) is 15.6. The summed E-state index contributed by atoms with van der Waals surface area (Å²) in [5.74, 6) is 0. The van der Waals surface area contributed by atoms with Gasteiger partial charge in [0.05, 0.1) is 11.3 Å². The summed E-state index contributed by atoms with van der Waals surface area (Å²) in [6, 6.07) is 18.0. The van der Waals surface area contributed by atoms with Gasteiger partial charge < -0.3 is 21.0 Å². The molecule has 0 unspecified atom stereocenters. The largest absolute Gasteiger partial charge is 0.354 e. The predicted molar refractivity (Wildman–Crippen MR) is 103 cm³/mol. The van der Waals surface area contributed by atoms with Gasteiger partial charge in [-0.2, -0.15) is 0 Å². The van der Waals surface area contributed by atoms with Crippen LogP contribution in [0, 0.1) is 0 Å². The number of para-hydroxylation sites is 1. The molecule has 2 heterocycles. The number of nitrogens with one attached hydrogen (secondary N) is 3. The fourth-order valence-corrected chi connectivity index (χ4v) is 3.12. The number of aromatic amines is 2. The molecule has 5 heteroatoms. The third-order valence-electron chi connectivity index (χ3n) is 4.38. The molecule has 5 nitrogen and oxygen atoms in total. The lowest BCUT2D eigenvalue weighted by atomic mass is 10.1. The van der Waals surface area contributed by atoms with Crippen LogP contribution in [-0.4, -0.2) is 23.1 Å². The summed E-state index contributed by atoms with van der Waals surface area (Å²) in [7, 11) is 0. The Morgan fingerprint density at radius 1 is 0.920 bits per heavy atom. The van der Waals surface area contributed by atoms with Crippen LogP contribution in [0.2, 0.25) is 0 Å². The topological polar surface area (TPSA) is 86.7 Å². The van der Waals surface area contributed by atoms with Gasteiger partial charge in [0.1, 0.15) is 0 Å².